The molecule has 1 aromatic carbocycles. The Morgan fingerprint density at radius 2 is 1.89 bits per heavy atom. The van der Waals surface area contributed by atoms with E-state index in [2.05, 4.69) is 10.3 Å². The van der Waals surface area contributed by atoms with E-state index in [1.807, 2.05) is 6.92 Å². The summed E-state index contributed by atoms with van der Waals surface area (Å²) in [5.41, 5.74) is 1.78. The van der Waals surface area contributed by atoms with E-state index in [0.717, 1.165) is 11.1 Å². The summed E-state index contributed by atoms with van der Waals surface area (Å²) in [6.07, 6.45) is -2.99. The minimum absolute atomic E-state index is 0.0357. The number of hydrogen-bond acceptors (Lipinski definition) is 5. The van der Waals surface area contributed by atoms with Crippen LogP contribution in [0.2, 0.25) is 0 Å². The zero-order valence-electron chi connectivity index (χ0n) is 15.9. The highest BCUT2D eigenvalue weighted by Gasteiger charge is 2.29. The minimum atomic E-state index is -4.35. The molecule has 0 saturated carbocycles. The summed E-state index contributed by atoms with van der Waals surface area (Å²) in [4.78, 5) is 16.6. The van der Waals surface area contributed by atoms with Crippen LogP contribution >= 0.6 is 11.8 Å². The first-order chi connectivity index (χ1) is 13.2. The molecule has 152 valence electrons. The second-order valence-electron chi connectivity index (χ2n) is 6.02. The summed E-state index contributed by atoms with van der Waals surface area (Å²) in [5.74, 6) is -0.527. The summed E-state index contributed by atoms with van der Waals surface area (Å²) in [6, 6.07) is 6.12. The third-order valence-corrected chi connectivity index (χ3v) is 5.05. The number of aromatic nitrogens is 1. The van der Waals surface area contributed by atoms with Crippen LogP contribution in [0.5, 0.6) is 11.5 Å². The van der Waals surface area contributed by atoms with Gasteiger partial charge in [0.1, 0.15) is 5.03 Å². The maximum atomic E-state index is 12.7. The number of benzene rings is 1. The molecule has 0 fully saturated rings. The summed E-state index contributed by atoms with van der Waals surface area (Å²) in [7, 11) is 3.05. The van der Waals surface area contributed by atoms with Gasteiger partial charge in [-0.25, -0.2) is 4.98 Å². The molecule has 5 nitrogen and oxygen atoms in total. The average molecular weight is 414 g/mol. The fourth-order valence-electron chi connectivity index (χ4n) is 2.64. The highest BCUT2D eigenvalue weighted by Crippen LogP contribution is 2.33. The molecule has 0 bridgehead atoms. The first-order valence-electron chi connectivity index (χ1n) is 8.34. The molecule has 1 amide bonds. The largest absolute Gasteiger partial charge is 0.493 e. The number of thioether (sulfide) groups is 1. The Bertz CT molecular complexity index is 844. The third-order valence-electron chi connectivity index (χ3n) is 3.97. The number of aryl methyl sites for hydroxylation is 1. The van der Waals surface area contributed by atoms with Gasteiger partial charge in [-0.1, -0.05) is 11.8 Å². The van der Waals surface area contributed by atoms with Crippen molar-refractivity contribution in [3.63, 3.8) is 0 Å². The van der Waals surface area contributed by atoms with Gasteiger partial charge in [-0.05, 0) is 49.2 Å². The van der Waals surface area contributed by atoms with E-state index in [1.165, 1.54) is 32.5 Å². The standard InChI is InChI=1S/C19H21F3N2O3S/c1-11-8-15(26-3)16(27-4)9-14(11)12(2)24-17(25)13-6-5-7-23-18(13)28-10-19(20,21)22/h5-9,12H,10H2,1-4H3,(H,24,25)/t12-/m0/s1. The van der Waals surface area contributed by atoms with Crippen molar-refractivity contribution in [2.45, 2.75) is 31.1 Å². The van der Waals surface area contributed by atoms with E-state index in [0.29, 0.717) is 23.3 Å². The number of nitrogens with one attached hydrogen (secondary N) is 1. The van der Waals surface area contributed by atoms with E-state index >= 15 is 0 Å². The molecule has 0 saturated heterocycles. The van der Waals surface area contributed by atoms with Crippen molar-refractivity contribution in [2.24, 2.45) is 0 Å². The number of amides is 1. The van der Waals surface area contributed by atoms with Gasteiger partial charge in [0.25, 0.3) is 5.91 Å². The Kier molecular flexibility index (Phi) is 7.17. The molecule has 0 unspecified atom stereocenters. The average Bonchev–Trinajstić information content (AvgIpc) is 2.65. The summed E-state index contributed by atoms with van der Waals surface area (Å²) < 4.78 is 48.1. The van der Waals surface area contributed by atoms with Crippen LogP contribution in [0.3, 0.4) is 0 Å². The molecule has 28 heavy (non-hydrogen) atoms. The van der Waals surface area contributed by atoms with Gasteiger partial charge in [-0.2, -0.15) is 13.2 Å². The lowest BCUT2D eigenvalue weighted by Crippen LogP contribution is -2.28. The Balaban J connectivity index is 2.22. The smallest absolute Gasteiger partial charge is 0.398 e. The minimum Gasteiger partial charge on any atom is -0.493 e. The quantitative estimate of drug-likeness (QED) is 0.674. The Hall–Kier alpha value is -2.42. The first-order valence-corrected chi connectivity index (χ1v) is 9.32. The maximum absolute atomic E-state index is 12.7. The summed E-state index contributed by atoms with van der Waals surface area (Å²) in [6.45, 7) is 3.65. The number of alkyl halides is 3. The van der Waals surface area contributed by atoms with Gasteiger partial charge in [0.2, 0.25) is 0 Å². The Morgan fingerprint density at radius 1 is 1.25 bits per heavy atom. The molecule has 0 spiro atoms. The predicted molar refractivity (Wildman–Crippen MR) is 101 cm³/mol. The molecule has 0 aliphatic carbocycles. The van der Waals surface area contributed by atoms with Gasteiger partial charge >= 0.3 is 6.18 Å². The van der Waals surface area contributed by atoms with Crippen molar-refractivity contribution < 1.29 is 27.4 Å². The molecule has 1 heterocycles. The molecule has 1 atom stereocenters. The summed E-state index contributed by atoms with van der Waals surface area (Å²) in [5, 5.41) is 2.85. The lowest BCUT2D eigenvalue weighted by Gasteiger charge is -2.19. The van der Waals surface area contributed by atoms with Crippen molar-refractivity contribution in [1.29, 1.82) is 0 Å². The predicted octanol–water partition coefficient (Wildman–Crippen LogP) is 4.55. The second-order valence-corrected chi connectivity index (χ2v) is 6.98. The number of ether oxygens (including phenoxy) is 2. The number of nitrogens with zero attached hydrogens (tertiary/aromatic N) is 1. The highest BCUT2D eigenvalue weighted by molar-refractivity contribution is 7.99. The van der Waals surface area contributed by atoms with Gasteiger partial charge in [-0.3, -0.25) is 4.79 Å². The Morgan fingerprint density at radius 3 is 2.50 bits per heavy atom. The molecule has 0 radical (unpaired) electrons. The van der Waals surface area contributed by atoms with Gasteiger partial charge < -0.3 is 14.8 Å². The van der Waals surface area contributed by atoms with Crippen LogP contribution < -0.4 is 14.8 Å². The molecule has 2 aromatic rings. The van der Waals surface area contributed by atoms with Crippen LogP contribution in [0, 0.1) is 6.92 Å². The van der Waals surface area contributed by atoms with Gasteiger partial charge in [0, 0.05) is 6.20 Å². The van der Waals surface area contributed by atoms with Gasteiger partial charge in [-0.15, -0.1) is 0 Å². The number of carbonyl (C=O) groups is 1. The van der Waals surface area contributed by atoms with Crippen LogP contribution in [0.1, 0.15) is 34.5 Å². The summed E-state index contributed by atoms with van der Waals surface area (Å²) >= 11 is 0.486. The van der Waals surface area contributed by atoms with Crippen molar-refractivity contribution in [1.82, 2.24) is 10.3 Å². The van der Waals surface area contributed by atoms with E-state index in [1.54, 1.807) is 19.1 Å². The van der Waals surface area contributed by atoms with Crippen LogP contribution in [0.4, 0.5) is 13.2 Å². The van der Waals surface area contributed by atoms with E-state index in [4.69, 9.17) is 9.47 Å². The molecule has 0 aliphatic rings. The first kappa shape index (κ1) is 21.9. The highest BCUT2D eigenvalue weighted by atomic mass is 32.2. The molecule has 0 aliphatic heterocycles. The molecule has 1 N–H and O–H groups in total. The van der Waals surface area contributed by atoms with Gasteiger partial charge in [0.05, 0.1) is 31.6 Å². The van der Waals surface area contributed by atoms with Crippen LogP contribution in [0.15, 0.2) is 35.5 Å². The molecule has 1 aromatic heterocycles. The number of carbonyl (C=O) groups excluding carboxylic acids is 1. The van der Waals surface area contributed by atoms with Crippen molar-refractivity contribution in [3.05, 3.63) is 47.2 Å². The fraction of sp³-hybridized carbons (Fsp3) is 0.368. The number of hydrogen-bond donors (Lipinski definition) is 1. The van der Waals surface area contributed by atoms with E-state index in [-0.39, 0.29) is 10.6 Å². The van der Waals surface area contributed by atoms with Crippen LogP contribution in [0.25, 0.3) is 0 Å². The topological polar surface area (TPSA) is 60.5 Å². The van der Waals surface area contributed by atoms with Crippen molar-refractivity contribution in [3.8, 4) is 11.5 Å². The second kappa shape index (κ2) is 9.18. The van der Waals surface area contributed by atoms with Crippen LogP contribution in [-0.2, 0) is 0 Å². The SMILES string of the molecule is COc1cc(C)c([C@H](C)NC(=O)c2cccnc2SCC(F)(F)F)cc1OC. The number of halogens is 3. The Labute approximate surface area is 165 Å². The molecule has 2 rings (SSSR count). The fourth-order valence-corrected chi connectivity index (χ4v) is 3.40. The van der Waals surface area contributed by atoms with Gasteiger partial charge in [0.15, 0.2) is 11.5 Å². The van der Waals surface area contributed by atoms with Crippen LogP contribution in [-0.4, -0.2) is 37.0 Å². The molecular formula is C19H21F3N2O3S. The van der Waals surface area contributed by atoms with Crippen molar-refractivity contribution in [2.75, 3.05) is 20.0 Å². The zero-order chi connectivity index (χ0) is 20.9. The number of pyridine rings is 1. The maximum Gasteiger partial charge on any atom is 0.398 e. The molecule has 9 heteroatoms. The van der Waals surface area contributed by atoms with E-state index < -0.39 is 23.9 Å². The number of rotatable bonds is 7. The lowest BCUT2D eigenvalue weighted by atomic mass is 10.0. The zero-order valence-corrected chi connectivity index (χ0v) is 16.7. The lowest BCUT2D eigenvalue weighted by molar-refractivity contribution is -0.105. The normalized spacial score (nSPS) is 12.4. The van der Waals surface area contributed by atoms with E-state index in [9.17, 15) is 18.0 Å². The monoisotopic (exact) mass is 414 g/mol. The van der Waals surface area contributed by atoms with Crippen molar-refractivity contribution >= 4 is 17.7 Å². The number of methoxy groups -OCH3 is 2. The molecular weight excluding hydrogens is 393 g/mol. The third kappa shape index (κ3) is 5.54.